The van der Waals surface area contributed by atoms with Crippen LogP contribution in [0.2, 0.25) is 0 Å². The highest BCUT2D eigenvalue weighted by atomic mass is 19.4. The topological polar surface area (TPSA) is 86.4 Å². The van der Waals surface area contributed by atoms with E-state index in [-0.39, 0.29) is 29.7 Å². The molecule has 0 aromatic carbocycles. The van der Waals surface area contributed by atoms with Crippen LogP contribution in [0, 0.1) is 11.3 Å². The summed E-state index contributed by atoms with van der Waals surface area (Å²) < 4.78 is 51.1. The molecule has 1 saturated carbocycles. The minimum Gasteiger partial charge on any atom is -0.392 e. The third-order valence-electron chi connectivity index (χ3n) is 9.45. The van der Waals surface area contributed by atoms with Crippen molar-refractivity contribution < 1.29 is 23.0 Å². The van der Waals surface area contributed by atoms with Gasteiger partial charge in [0.2, 0.25) is 0 Å². The lowest BCUT2D eigenvalue weighted by atomic mass is 9.64. The third kappa shape index (κ3) is 5.27. The Hall–Kier alpha value is -1.96. The molecule has 39 heavy (non-hydrogen) atoms. The van der Waals surface area contributed by atoms with Gasteiger partial charge in [-0.3, -0.25) is 18.8 Å². The Balaban J connectivity index is 1.29. The molecule has 4 atom stereocenters. The maximum Gasteiger partial charge on any atom is 0.418 e. The molecule has 0 bridgehead atoms. The highest BCUT2D eigenvalue weighted by Gasteiger charge is 2.49. The number of halogens is 3. The highest BCUT2D eigenvalue weighted by molar-refractivity contribution is 5.56. The van der Waals surface area contributed by atoms with Crippen molar-refractivity contribution in [2.45, 2.75) is 76.0 Å². The molecule has 12 heteroatoms. The average molecular weight is 553 g/mol. The Morgan fingerprint density at radius 1 is 1.18 bits per heavy atom. The van der Waals surface area contributed by atoms with E-state index in [0.29, 0.717) is 44.2 Å². The van der Waals surface area contributed by atoms with Crippen LogP contribution in [-0.2, 0) is 17.5 Å². The zero-order valence-electron chi connectivity index (χ0n) is 22.4. The molecule has 3 aliphatic heterocycles. The Bertz CT molecular complexity index is 1240. The largest absolute Gasteiger partial charge is 0.418 e. The number of rotatable bonds is 6. The summed E-state index contributed by atoms with van der Waals surface area (Å²) >= 11 is 0. The van der Waals surface area contributed by atoms with Crippen molar-refractivity contribution in [3.05, 3.63) is 40.1 Å². The van der Waals surface area contributed by atoms with Gasteiger partial charge >= 0.3 is 11.9 Å². The van der Waals surface area contributed by atoms with Crippen LogP contribution < -0.4 is 16.5 Å². The van der Waals surface area contributed by atoms with Gasteiger partial charge in [-0.15, -0.1) is 0 Å². The first kappa shape index (κ1) is 27.2. The number of aromatic nitrogens is 2. The molecule has 0 amide bonds. The molecule has 4 fully saturated rings. The quantitative estimate of drug-likeness (QED) is 0.508. The number of aliphatic hydroxyl groups is 1. The normalized spacial score (nSPS) is 30.6. The standard InChI is InChI=1S/C27H39F3N6O3/c1-33-17-31-32-24(33)10-26(15-39-16-26)19-4-2-5-20(9-19)35-14-23-22(27(28,29)30)8-18(12-36(23)25(35)38)11-34-7-3-6-21(37)13-34/h8,12,14,19-21,24,31-32,37H,2-7,9-11,13,15-17H2,1H3/t19?,20?,21-,24?/m0/s1. The van der Waals surface area contributed by atoms with Crippen molar-refractivity contribution in [1.29, 1.82) is 0 Å². The summed E-state index contributed by atoms with van der Waals surface area (Å²) in [6.45, 7) is 3.52. The number of aliphatic hydroxyl groups excluding tert-OH is 1. The molecule has 0 radical (unpaired) electrons. The molecule has 2 aromatic rings. The number of pyridine rings is 1. The van der Waals surface area contributed by atoms with E-state index >= 15 is 0 Å². The van der Waals surface area contributed by atoms with Gasteiger partial charge < -0.3 is 9.84 Å². The van der Waals surface area contributed by atoms with Gasteiger partial charge in [-0.1, -0.05) is 6.42 Å². The number of β-amino-alcohol motifs (C(OH)–C–C–N with tert-alkyl or cyclic N) is 1. The molecule has 5 heterocycles. The van der Waals surface area contributed by atoms with Gasteiger partial charge in [0.25, 0.3) is 0 Å². The van der Waals surface area contributed by atoms with Gasteiger partial charge in [0.15, 0.2) is 0 Å². The monoisotopic (exact) mass is 552 g/mol. The Kier molecular flexibility index (Phi) is 7.30. The van der Waals surface area contributed by atoms with Crippen molar-refractivity contribution in [3.8, 4) is 0 Å². The fourth-order valence-corrected chi connectivity index (χ4v) is 7.23. The maximum atomic E-state index is 14.2. The van der Waals surface area contributed by atoms with Gasteiger partial charge in [-0.2, -0.15) is 13.2 Å². The first-order valence-corrected chi connectivity index (χ1v) is 14.1. The zero-order valence-corrected chi connectivity index (χ0v) is 22.4. The molecule has 2 aromatic heterocycles. The highest BCUT2D eigenvalue weighted by Crippen LogP contribution is 2.49. The predicted octanol–water partition coefficient (Wildman–Crippen LogP) is 2.54. The molecular weight excluding hydrogens is 513 g/mol. The molecule has 3 unspecified atom stereocenters. The fourth-order valence-electron chi connectivity index (χ4n) is 7.23. The Morgan fingerprint density at radius 3 is 2.67 bits per heavy atom. The van der Waals surface area contributed by atoms with Crippen LogP contribution >= 0.6 is 0 Å². The number of imidazole rings is 1. The maximum absolute atomic E-state index is 14.2. The van der Waals surface area contributed by atoms with E-state index in [4.69, 9.17) is 4.74 Å². The molecule has 3 N–H and O–H groups in total. The minimum atomic E-state index is -4.59. The van der Waals surface area contributed by atoms with E-state index in [2.05, 4.69) is 22.8 Å². The second-order valence-electron chi connectivity index (χ2n) is 12.2. The smallest absolute Gasteiger partial charge is 0.392 e. The molecule has 3 saturated heterocycles. The number of ether oxygens (including phenoxy) is 1. The van der Waals surface area contributed by atoms with E-state index in [0.717, 1.165) is 45.2 Å². The van der Waals surface area contributed by atoms with Crippen LogP contribution in [0.3, 0.4) is 0 Å². The second kappa shape index (κ2) is 10.5. The number of piperidine rings is 1. The minimum absolute atomic E-state index is 0.00267. The number of hydrogen-bond acceptors (Lipinski definition) is 7. The molecular formula is C27H39F3N6O3. The summed E-state index contributed by atoms with van der Waals surface area (Å²) in [4.78, 5) is 17.8. The SMILES string of the molecule is CN1CNNC1CC1(C2CCCC(n3cc4c(C(F)(F)F)cc(CN5CCC[C@H](O)C5)cn4c3=O)C2)COC1. The molecule has 9 nitrogen and oxygen atoms in total. The fraction of sp³-hybridized carbons (Fsp3) is 0.741. The van der Waals surface area contributed by atoms with Gasteiger partial charge in [-0.05, 0) is 69.7 Å². The van der Waals surface area contributed by atoms with Crippen LogP contribution in [0.25, 0.3) is 5.52 Å². The van der Waals surface area contributed by atoms with E-state index in [1.165, 1.54) is 16.7 Å². The predicted molar refractivity (Wildman–Crippen MR) is 139 cm³/mol. The van der Waals surface area contributed by atoms with E-state index in [9.17, 15) is 23.1 Å². The van der Waals surface area contributed by atoms with Crippen molar-refractivity contribution in [1.82, 2.24) is 29.6 Å². The summed E-state index contributed by atoms with van der Waals surface area (Å²) in [6, 6.07) is 1.02. The Morgan fingerprint density at radius 2 is 2.00 bits per heavy atom. The second-order valence-corrected chi connectivity index (χ2v) is 12.2. The van der Waals surface area contributed by atoms with E-state index in [1.807, 2.05) is 4.90 Å². The lowest BCUT2D eigenvalue weighted by molar-refractivity contribution is -0.167. The summed E-state index contributed by atoms with van der Waals surface area (Å²) in [7, 11) is 2.07. The van der Waals surface area contributed by atoms with E-state index in [1.54, 1.807) is 10.8 Å². The van der Waals surface area contributed by atoms with Crippen LogP contribution in [0.5, 0.6) is 0 Å². The first-order chi connectivity index (χ1) is 18.6. The molecule has 4 aliphatic rings. The lowest BCUT2D eigenvalue weighted by Gasteiger charge is -2.51. The summed E-state index contributed by atoms with van der Waals surface area (Å²) in [6.07, 6.45) is 4.02. The number of hydrazine groups is 1. The van der Waals surface area contributed by atoms with Crippen LogP contribution in [-0.4, -0.2) is 76.2 Å². The number of nitrogens with one attached hydrogen (secondary N) is 2. The van der Waals surface area contributed by atoms with Gasteiger partial charge in [0.1, 0.15) is 0 Å². The number of nitrogens with zero attached hydrogens (tertiary/aromatic N) is 4. The summed E-state index contributed by atoms with van der Waals surface area (Å²) in [5, 5.41) is 10.0. The Labute approximate surface area is 225 Å². The van der Waals surface area contributed by atoms with Crippen molar-refractivity contribution >= 4 is 5.52 Å². The first-order valence-electron chi connectivity index (χ1n) is 14.1. The molecule has 6 rings (SSSR count). The van der Waals surface area contributed by atoms with Crippen LogP contribution in [0.1, 0.15) is 62.1 Å². The number of alkyl halides is 3. The number of fused-ring (bicyclic) bond motifs is 1. The van der Waals surface area contributed by atoms with Gasteiger partial charge in [0, 0.05) is 36.9 Å². The average Bonchev–Trinajstić information content (AvgIpc) is 3.43. The van der Waals surface area contributed by atoms with Crippen molar-refractivity contribution in [3.63, 3.8) is 0 Å². The van der Waals surface area contributed by atoms with Crippen molar-refractivity contribution in [2.24, 2.45) is 11.3 Å². The summed E-state index contributed by atoms with van der Waals surface area (Å²) in [5.74, 6) is 0.332. The lowest BCUT2D eigenvalue weighted by Crippen LogP contribution is -2.54. The number of hydrogen-bond donors (Lipinski definition) is 3. The van der Waals surface area contributed by atoms with Gasteiger partial charge in [-0.25, -0.2) is 15.6 Å². The summed E-state index contributed by atoms with van der Waals surface area (Å²) in [5.41, 5.74) is 5.65. The van der Waals surface area contributed by atoms with E-state index < -0.39 is 23.5 Å². The van der Waals surface area contributed by atoms with Crippen molar-refractivity contribution in [2.75, 3.05) is 40.0 Å². The van der Waals surface area contributed by atoms with Crippen LogP contribution in [0.4, 0.5) is 13.2 Å². The van der Waals surface area contributed by atoms with Crippen LogP contribution in [0.15, 0.2) is 23.3 Å². The third-order valence-corrected chi connectivity index (χ3v) is 9.45. The van der Waals surface area contributed by atoms with Gasteiger partial charge in [0.05, 0.1) is 43.2 Å². The molecule has 0 spiro atoms. The number of likely N-dealkylation sites (tertiary alicyclic amines) is 1. The molecule has 1 aliphatic carbocycles. The zero-order chi connectivity index (χ0) is 27.4. The molecule has 216 valence electrons.